The first kappa shape index (κ1) is 17.9. The van der Waals surface area contributed by atoms with E-state index < -0.39 is 33.3 Å². The van der Waals surface area contributed by atoms with E-state index in [1.165, 1.54) is 24.3 Å². The minimum absolute atomic E-state index is 0.0232. The van der Waals surface area contributed by atoms with E-state index in [1.807, 2.05) is 5.43 Å². The zero-order valence-electron chi connectivity index (χ0n) is 11.6. The van der Waals surface area contributed by atoms with E-state index in [0.717, 1.165) is 0 Å². The van der Waals surface area contributed by atoms with Gasteiger partial charge in [-0.15, -0.1) is 0 Å². The van der Waals surface area contributed by atoms with Gasteiger partial charge in [-0.3, -0.25) is 0 Å². The summed E-state index contributed by atoms with van der Waals surface area (Å²) >= 11 is 5.69. The van der Waals surface area contributed by atoms with Gasteiger partial charge in [0.15, 0.2) is 15.5 Å². The van der Waals surface area contributed by atoms with Crippen molar-refractivity contribution in [3.63, 3.8) is 0 Å². The average molecular weight is 348 g/mol. The summed E-state index contributed by atoms with van der Waals surface area (Å²) in [6, 6.07) is 4.35. The lowest BCUT2D eigenvalue weighted by Crippen LogP contribution is -2.32. The van der Waals surface area contributed by atoms with Crippen molar-refractivity contribution in [1.29, 1.82) is 0 Å². The summed E-state index contributed by atoms with van der Waals surface area (Å²) < 4.78 is 29.2. The van der Waals surface area contributed by atoms with E-state index >= 15 is 0 Å². The van der Waals surface area contributed by atoms with Gasteiger partial charge in [-0.2, -0.15) is 5.10 Å². The molecule has 8 nitrogen and oxygen atoms in total. The number of primary amides is 1. The van der Waals surface area contributed by atoms with Crippen molar-refractivity contribution in [2.75, 3.05) is 12.4 Å². The van der Waals surface area contributed by atoms with Crippen molar-refractivity contribution >= 4 is 39.2 Å². The third kappa shape index (κ3) is 5.34. The zero-order valence-corrected chi connectivity index (χ0v) is 13.1. The number of benzene rings is 1. The molecule has 0 heterocycles. The number of carbonyl (C=O) groups excluding carboxylic acids is 2. The van der Waals surface area contributed by atoms with Crippen molar-refractivity contribution in [2.45, 2.75) is 11.8 Å². The monoisotopic (exact) mass is 347 g/mol. The van der Waals surface area contributed by atoms with Crippen LogP contribution in [0.4, 0.5) is 4.79 Å². The van der Waals surface area contributed by atoms with Crippen LogP contribution < -0.4 is 11.2 Å². The maximum atomic E-state index is 12.2. The molecule has 0 fully saturated rings. The molecule has 0 aliphatic heterocycles. The largest absolute Gasteiger partial charge is 0.461 e. The fourth-order valence-corrected chi connectivity index (χ4v) is 2.76. The van der Waals surface area contributed by atoms with E-state index in [-0.39, 0.29) is 11.5 Å². The number of halogens is 1. The number of carbonyl (C=O) groups is 2. The van der Waals surface area contributed by atoms with E-state index in [4.69, 9.17) is 17.3 Å². The van der Waals surface area contributed by atoms with Crippen LogP contribution in [0, 0.1) is 0 Å². The molecule has 3 N–H and O–H groups in total. The molecule has 0 saturated carbocycles. The minimum Gasteiger partial charge on any atom is -0.461 e. The van der Waals surface area contributed by atoms with Crippen LogP contribution in [-0.2, 0) is 19.4 Å². The molecule has 0 unspecified atom stereocenters. The quantitative estimate of drug-likeness (QED) is 0.444. The molecule has 0 aromatic heterocycles. The highest BCUT2D eigenvalue weighted by molar-refractivity contribution is 7.92. The molecule has 0 aliphatic rings. The van der Waals surface area contributed by atoms with E-state index in [2.05, 4.69) is 9.84 Å². The molecule has 120 valence electrons. The number of hydrazone groups is 1. The molecule has 1 aromatic rings. The Morgan fingerprint density at radius 2 is 1.91 bits per heavy atom. The number of nitrogens with zero attached hydrogens (tertiary/aromatic N) is 1. The number of hydrogen-bond acceptors (Lipinski definition) is 6. The summed E-state index contributed by atoms with van der Waals surface area (Å²) in [7, 11) is -3.87. The second kappa shape index (κ2) is 7.76. The molecular weight excluding hydrogens is 334 g/mol. The molecular formula is C12H14ClN3O5S. The molecule has 10 heteroatoms. The molecule has 1 aromatic carbocycles. The highest BCUT2D eigenvalue weighted by Crippen LogP contribution is 2.15. The van der Waals surface area contributed by atoms with Crippen LogP contribution in [-0.4, -0.2) is 38.5 Å². The van der Waals surface area contributed by atoms with Crippen molar-refractivity contribution in [1.82, 2.24) is 5.43 Å². The highest BCUT2D eigenvalue weighted by Gasteiger charge is 2.24. The Morgan fingerprint density at radius 1 is 1.32 bits per heavy atom. The van der Waals surface area contributed by atoms with Gasteiger partial charge in [0.1, 0.15) is 5.75 Å². The van der Waals surface area contributed by atoms with Gasteiger partial charge < -0.3 is 10.5 Å². The second-order valence-electron chi connectivity index (χ2n) is 3.97. The van der Waals surface area contributed by atoms with Crippen molar-refractivity contribution < 1.29 is 22.7 Å². The predicted octanol–water partition coefficient (Wildman–Crippen LogP) is 0.701. The van der Waals surface area contributed by atoms with E-state index in [9.17, 15) is 18.0 Å². The Balaban J connectivity index is 3.06. The maximum Gasteiger partial charge on any atom is 0.355 e. The van der Waals surface area contributed by atoms with Gasteiger partial charge >= 0.3 is 12.0 Å². The second-order valence-corrected chi connectivity index (χ2v) is 6.39. The molecule has 0 bridgehead atoms. The lowest BCUT2D eigenvalue weighted by Gasteiger charge is -2.07. The number of urea groups is 1. The molecule has 0 saturated heterocycles. The molecule has 22 heavy (non-hydrogen) atoms. The average Bonchev–Trinajstić information content (AvgIpc) is 2.44. The van der Waals surface area contributed by atoms with Crippen LogP contribution >= 0.6 is 11.6 Å². The van der Waals surface area contributed by atoms with Gasteiger partial charge in [-0.25, -0.2) is 23.4 Å². The number of nitrogens with one attached hydrogen (secondary N) is 1. The summed E-state index contributed by atoms with van der Waals surface area (Å²) in [5.41, 5.74) is 6.15. The lowest BCUT2D eigenvalue weighted by molar-refractivity contribution is -0.135. The van der Waals surface area contributed by atoms with Gasteiger partial charge in [0.05, 0.1) is 11.5 Å². The normalized spacial score (nSPS) is 11.8. The third-order valence-corrected chi connectivity index (χ3v) is 4.21. The van der Waals surface area contributed by atoms with Gasteiger partial charge in [-0.1, -0.05) is 11.6 Å². The smallest absolute Gasteiger partial charge is 0.355 e. The van der Waals surface area contributed by atoms with Crippen molar-refractivity contribution in [2.24, 2.45) is 10.8 Å². The fourth-order valence-electron chi connectivity index (χ4n) is 1.38. The van der Waals surface area contributed by atoms with Crippen LogP contribution in [0.25, 0.3) is 0 Å². The Hall–Kier alpha value is -2.13. The molecule has 0 spiro atoms. The first-order valence-electron chi connectivity index (χ1n) is 6.03. The van der Waals surface area contributed by atoms with Crippen LogP contribution in [0.1, 0.15) is 6.92 Å². The molecule has 0 radical (unpaired) electrons. The third-order valence-electron chi connectivity index (χ3n) is 2.31. The Morgan fingerprint density at radius 3 is 2.41 bits per heavy atom. The van der Waals surface area contributed by atoms with E-state index in [1.54, 1.807) is 6.92 Å². The number of hydrogen-bond donors (Lipinski definition) is 2. The SMILES string of the molecule is CCOC(=O)/C(CS(=O)(=O)c1ccc(Cl)cc1)=N\NC(N)=O. The number of nitrogens with two attached hydrogens (primary N) is 1. The Labute approximate surface area is 132 Å². The van der Waals surface area contributed by atoms with Crippen LogP contribution in [0.3, 0.4) is 0 Å². The lowest BCUT2D eigenvalue weighted by atomic mass is 10.4. The highest BCUT2D eigenvalue weighted by atomic mass is 35.5. The topological polar surface area (TPSA) is 128 Å². The number of ether oxygens (including phenoxy) is 1. The van der Waals surface area contributed by atoms with Crippen LogP contribution in [0.2, 0.25) is 5.02 Å². The summed E-state index contributed by atoms with van der Waals surface area (Å²) in [5.74, 6) is -1.72. The summed E-state index contributed by atoms with van der Waals surface area (Å²) in [6.45, 7) is 1.57. The van der Waals surface area contributed by atoms with Crippen LogP contribution in [0.15, 0.2) is 34.3 Å². The molecule has 1 rings (SSSR count). The Bertz CT molecular complexity index is 685. The first-order chi connectivity index (χ1) is 10.3. The fraction of sp³-hybridized carbons (Fsp3) is 0.250. The van der Waals surface area contributed by atoms with Crippen molar-refractivity contribution in [3.05, 3.63) is 29.3 Å². The van der Waals surface area contributed by atoms with E-state index in [0.29, 0.717) is 5.02 Å². The standard InChI is InChI=1S/C12H14ClN3O5S/c1-2-21-11(17)10(15-16-12(14)18)7-22(19,20)9-5-3-8(13)4-6-9/h3-6H,2,7H2,1H3,(H3,14,16,18)/b15-10-. The first-order valence-corrected chi connectivity index (χ1v) is 8.06. The number of sulfone groups is 1. The summed E-state index contributed by atoms with van der Waals surface area (Å²) in [6.07, 6.45) is 0. The zero-order chi connectivity index (χ0) is 16.8. The van der Waals surface area contributed by atoms with Gasteiger partial charge in [-0.05, 0) is 31.2 Å². The molecule has 2 amide bonds. The maximum absolute atomic E-state index is 12.2. The van der Waals surface area contributed by atoms with Crippen LogP contribution in [0.5, 0.6) is 0 Å². The molecule has 0 aliphatic carbocycles. The molecule has 0 atom stereocenters. The minimum atomic E-state index is -3.87. The van der Waals surface area contributed by atoms with Gasteiger partial charge in [0.2, 0.25) is 0 Å². The summed E-state index contributed by atoms with van der Waals surface area (Å²) in [5, 5.41) is 3.75. The summed E-state index contributed by atoms with van der Waals surface area (Å²) in [4.78, 5) is 22.3. The number of rotatable bonds is 6. The Kier molecular flexibility index (Phi) is 6.32. The van der Waals surface area contributed by atoms with Gasteiger partial charge in [0, 0.05) is 5.02 Å². The van der Waals surface area contributed by atoms with Gasteiger partial charge in [0.25, 0.3) is 0 Å². The van der Waals surface area contributed by atoms with Crippen molar-refractivity contribution in [3.8, 4) is 0 Å². The predicted molar refractivity (Wildman–Crippen MR) is 80.3 cm³/mol. The number of esters is 1. The number of amides is 2.